The lowest BCUT2D eigenvalue weighted by Gasteiger charge is -2.07. The molecule has 1 aromatic carbocycles. The fourth-order valence-corrected chi connectivity index (χ4v) is 1.71. The van der Waals surface area contributed by atoms with Gasteiger partial charge in [-0.15, -0.1) is 12.4 Å². The number of anilines is 2. The van der Waals surface area contributed by atoms with Crippen molar-refractivity contribution in [1.29, 1.82) is 0 Å². The van der Waals surface area contributed by atoms with Crippen LogP contribution in [-0.4, -0.2) is 16.1 Å². The third kappa shape index (κ3) is 3.51. The Morgan fingerprint density at radius 3 is 2.65 bits per heavy atom. The van der Waals surface area contributed by atoms with Crippen molar-refractivity contribution in [1.82, 2.24) is 10.2 Å². The molecule has 20 heavy (non-hydrogen) atoms. The minimum atomic E-state index is -0.239. The van der Waals surface area contributed by atoms with Crippen molar-refractivity contribution in [2.45, 2.75) is 26.7 Å². The van der Waals surface area contributed by atoms with Crippen LogP contribution < -0.4 is 11.1 Å². The lowest BCUT2D eigenvalue weighted by Crippen LogP contribution is -2.13. The fourth-order valence-electron chi connectivity index (χ4n) is 1.71. The Morgan fingerprint density at radius 2 is 2.05 bits per heavy atom. The molecule has 0 spiro atoms. The van der Waals surface area contributed by atoms with E-state index in [1.54, 1.807) is 18.2 Å². The van der Waals surface area contributed by atoms with Crippen LogP contribution in [0.1, 0.15) is 41.5 Å². The number of amides is 1. The number of halogens is 1. The number of nitrogens with zero attached hydrogens (tertiary/aromatic N) is 1. The molecular formula is C14H19ClN4O. The van der Waals surface area contributed by atoms with Crippen LogP contribution in [0.15, 0.2) is 24.3 Å². The van der Waals surface area contributed by atoms with E-state index in [1.807, 2.05) is 26.8 Å². The Balaban J connectivity index is 0.00000200. The summed E-state index contributed by atoms with van der Waals surface area (Å²) in [6.07, 6.45) is 0. The number of nitrogen functional groups attached to an aromatic ring is 1. The summed E-state index contributed by atoms with van der Waals surface area (Å²) in [5, 5.41) is 9.70. The molecular weight excluding hydrogens is 276 g/mol. The van der Waals surface area contributed by atoms with E-state index in [2.05, 4.69) is 15.5 Å². The normalized spacial score (nSPS) is 10.2. The first-order valence-electron chi connectivity index (χ1n) is 6.20. The van der Waals surface area contributed by atoms with Gasteiger partial charge in [-0.2, -0.15) is 5.10 Å². The molecule has 0 aliphatic carbocycles. The zero-order chi connectivity index (χ0) is 14.0. The Hall–Kier alpha value is -2.01. The standard InChI is InChI=1S/C14H18N4O.ClH/c1-8(2)11-7-13(18-17-11)14(19)16-12-6-10(15)5-4-9(12)3;/h4-8H,15H2,1-3H3,(H,16,19)(H,17,18);1H. The minimum Gasteiger partial charge on any atom is -0.399 e. The van der Waals surface area contributed by atoms with E-state index in [0.717, 1.165) is 11.3 Å². The number of aryl methyl sites for hydroxylation is 1. The SMILES string of the molecule is Cc1ccc(N)cc1NC(=O)c1cc(C(C)C)[nH]n1.Cl. The number of H-pyrrole nitrogens is 1. The van der Waals surface area contributed by atoms with Crippen LogP contribution in [0.2, 0.25) is 0 Å². The van der Waals surface area contributed by atoms with Gasteiger partial charge in [0.2, 0.25) is 0 Å². The van der Waals surface area contributed by atoms with E-state index >= 15 is 0 Å². The van der Waals surface area contributed by atoms with E-state index in [-0.39, 0.29) is 18.3 Å². The molecule has 0 fully saturated rings. The van der Waals surface area contributed by atoms with E-state index in [9.17, 15) is 4.79 Å². The van der Waals surface area contributed by atoms with Crippen molar-refractivity contribution in [3.05, 3.63) is 41.2 Å². The van der Waals surface area contributed by atoms with Crippen LogP contribution in [0.5, 0.6) is 0 Å². The predicted octanol–water partition coefficient (Wildman–Crippen LogP) is 3.10. The van der Waals surface area contributed by atoms with Gasteiger partial charge in [-0.05, 0) is 36.6 Å². The first-order valence-corrected chi connectivity index (χ1v) is 6.20. The molecule has 1 aromatic heterocycles. The predicted molar refractivity (Wildman–Crippen MR) is 83.5 cm³/mol. The molecule has 2 rings (SSSR count). The van der Waals surface area contributed by atoms with E-state index < -0.39 is 0 Å². The van der Waals surface area contributed by atoms with Gasteiger partial charge in [0, 0.05) is 17.1 Å². The number of nitrogens with one attached hydrogen (secondary N) is 2. The van der Waals surface area contributed by atoms with Gasteiger partial charge in [0.1, 0.15) is 0 Å². The van der Waals surface area contributed by atoms with Gasteiger partial charge in [0.05, 0.1) is 0 Å². The summed E-state index contributed by atoms with van der Waals surface area (Å²) in [5.41, 5.74) is 9.32. The molecule has 6 heteroatoms. The highest BCUT2D eigenvalue weighted by molar-refractivity contribution is 6.03. The Morgan fingerprint density at radius 1 is 1.35 bits per heavy atom. The number of aromatic nitrogens is 2. The van der Waals surface area contributed by atoms with E-state index in [0.29, 0.717) is 23.0 Å². The molecule has 0 aliphatic heterocycles. The van der Waals surface area contributed by atoms with Gasteiger partial charge >= 0.3 is 0 Å². The van der Waals surface area contributed by atoms with Crippen molar-refractivity contribution >= 4 is 29.7 Å². The van der Waals surface area contributed by atoms with Crippen molar-refractivity contribution in [2.24, 2.45) is 0 Å². The first kappa shape index (κ1) is 16.0. The monoisotopic (exact) mass is 294 g/mol. The molecule has 0 bridgehead atoms. The molecule has 1 amide bonds. The Kier molecular flexibility index (Phi) is 5.16. The van der Waals surface area contributed by atoms with Gasteiger partial charge in [-0.25, -0.2) is 0 Å². The van der Waals surface area contributed by atoms with Crippen LogP contribution in [-0.2, 0) is 0 Å². The maximum absolute atomic E-state index is 12.1. The number of carbonyl (C=O) groups is 1. The summed E-state index contributed by atoms with van der Waals surface area (Å²) in [6.45, 7) is 5.99. The van der Waals surface area contributed by atoms with Crippen molar-refractivity contribution in [3.63, 3.8) is 0 Å². The van der Waals surface area contributed by atoms with E-state index in [4.69, 9.17) is 5.73 Å². The summed E-state index contributed by atoms with van der Waals surface area (Å²) >= 11 is 0. The van der Waals surface area contributed by atoms with Gasteiger partial charge in [0.25, 0.3) is 5.91 Å². The minimum absolute atomic E-state index is 0. The molecule has 0 saturated heterocycles. The average molecular weight is 295 g/mol. The maximum Gasteiger partial charge on any atom is 0.276 e. The van der Waals surface area contributed by atoms with Gasteiger partial charge in [-0.3, -0.25) is 9.89 Å². The molecule has 0 unspecified atom stereocenters. The molecule has 108 valence electrons. The summed E-state index contributed by atoms with van der Waals surface area (Å²) in [5.74, 6) is 0.0694. The third-order valence-corrected chi connectivity index (χ3v) is 2.96. The highest BCUT2D eigenvalue weighted by Crippen LogP contribution is 2.19. The second kappa shape index (κ2) is 6.43. The summed E-state index contributed by atoms with van der Waals surface area (Å²) in [7, 11) is 0. The van der Waals surface area contributed by atoms with Crippen molar-refractivity contribution < 1.29 is 4.79 Å². The number of benzene rings is 1. The fraction of sp³-hybridized carbons (Fsp3) is 0.286. The number of carbonyl (C=O) groups excluding carboxylic acids is 1. The molecule has 1 heterocycles. The number of nitrogens with two attached hydrogens (primary N) is 1. The lowest BCUT2D eigenvalue weighted by molar-refractivity contribution is 0.102. The highest BCUT2D eigenvalue weighted by Gasteiger charge is 2.13. The van der Waals surface area contributed by atoms with Crippen LogP contribution >= 0.6 is 12.4 Å². The highest BCUT2D eigenvalue weighted by atomic mass is 35.5. The first-order chi connectivity index (χ1) is 8.97. The molecule has 0 radical (unpaired) electrons. The largest absolute Gasteiger partial charge is 0.399 e. The Labute approximate surface area is 124 Å². The van der Waals surface area contributed by atoms with Crippen LogP contribution in [0.4, 0.5) is 11.4 Å². The molecule has 0 atom stereocenters. The van der Waals surface area contributed by atoms with Crippen LogP contribution in [0, 0.1) is 6.92 Å². The van der Waals surface area contributed by atoms with Gasteiger partial charge in [-0.1, -0.05) is 19.9 Å². The third-order valence-electron chi connectivity index (χ3n) is 2.96. The second-order valence-electron chi connectivity index (χ2n) is 4.89. The maximum atomic E-state index is 12.1. The number of rotatable bonds is 3. The summed E-state index contributed by atoms with van der Waals surface area (Å²) in [4.78, 5) is 12.1. The topological polar surface area (TPSA) is 83.8 Å². The van der Waals surface area contributed by atoms with Crippen molar-refractivity contribution in [2.75, 3.05) is 11.1 Å². The number of aromatic amines is 1. The quantitative estimate of drug-likeness (QED) is 0.761. The number of hydrogen-bond donors (Lipinski definition) is 3. The smallest absolute Gasteiger partial charge is 0.276 e. The molecule has 0 aliphatic rings. The van der Waals surface area contributed by atoms with Gasteiger partial charge in [0.15, 0.2) is 5.69 Å². The second-order valence-corrected chi connectivity index (χ2v) is 4.89. The zero-order valence-electron chi connectivity index (χ0n) is 11.7. The van der Waals surface area contributed by atoms with Crippen molar-refractivity contribution in [3.8, 4) is 0 Å². The molecule has 0 saturated carbocycles. The number of hydrogen-bond acceptors (Lipinski definition) is 3. The van der Waals surface area contributed by atoms with Crippen LogP contribution in [0.25, 0.3) is 0 Å². The summed E-state index contributed by atoms with van der Waals surface area (Å²) < 4.78 is 0. The van der Waals surface area contributed by atoms with Gasteiger partial charge < -0.3 is 11.1 Å². The zero-order valence-corrected chi connectivity index (χ0v) is 12.5. The molecule has 2 aromatic rings. The van der Waals surface area contributed by atoms with E-state index in [1.165, 1.54) is 0 Å². The average Bonchev–Trinajstić information content (AvgIpc) is 2.83. The molecule has 5 nitrogen and oxygen atoms in total. The lowest BCUT2D eigenvalue weighted by atomic mass is 10.1. The Bertz CT molecular complexity index is 607. The van der Waals surface area contributed by atoms with Crippen LogP contribution in [0.3, 0.4) is 0 Å². The molecule has 4 N–H and O–H groups in total. The summed E-state index contributed by atoms with van der Waals surface area (Å²) in [6, 6.07) is 7.18.